The molecule has 7 heteroatoms. The van der Waals surface area contributed by atoms with E-state index < -0.39 is 0 Å². The van der Waals surface area contributed by atoms with E-state index in [1.807, 2.05) is 48.5 Å². The van der Waals surface area contributed by atoms with E-state index in [2.05, 4.69) is 22.2 Å². The summed E-state index contributed by atoms with van der Waals surface area (Å²) in [6.45, 7) is 0. The van der Waals surface area contributed by atoms with Crippen molar-refractivity contribution in [2.45, 2.75) is 12.3 Å². The molecule has 0 spiro atoms. The fourth-order valence-electron chi connectivity index (χ4n) is 4.34. The molecule has 6 rings (SSSR count). The summed E-state index contributed by atoms with van der Waals surface area (Å²) in [5, 5.41) is 14.7. The van der Waals surface area contributed by atoms with Gasteiger partial charge in [-0.2, -0.15) is 0 Å². The Kier molecular flexibility index (Phi) is 4.47. The number of nitrogens with zero attached hydrogens (tertiary/aromatic N) is 4. The molecule has 1 atom stereocenters. The van der Waals surface area contributed by atoms with Crippen molar-refractivity contribution in [3.05, 3.63) is 107 Å². The Bertz CT molecular complexity index is 1460. The van der Waals surface area contributed by atoms with E-state index in [4.69, 9.17) is 14.5 Å². The quantitative estimate of drug-likeness (QED) is 0.431. The first-order valence-electron chi connectivity index (χ1n) is 10.6. The van der Waals surface area contributed by atoms with Crippen molar-refractivity contribution < 1.29 is 14.6 Å². The van der Waals surface area contributed by atoms with E-state index in [1.165, 1.54) is 0 Å². The Morgan fingerprint density at radius 2 is 1.85 bits per heavy atom. The fourth-order valence-corrected chi connectivity index (χ4v) is 4.34. The number of phenols is 1. The first kappa shape index (κ1) is 19.3. The normalized spacial score (nSPS) is 14.4. The van der Waals surface area contributed by atoms with Crippen molar-refractivity contribution in [1.82, 2.24) is 19.6 Å². The SMILES string of the molecule is COc1ccc(C2c3ccc(O)cc3Oc3ncn4nc(Cc5ccccc5)nc4c32)cc1. The van der Waals surface area contributed by atoms with Crippen molar-refractivity contribution in [3.63, 3.8) is 0 Å². The van der Waals surface area contributed by atoms with E-state index >= 15 is 0 Å². The third-order valence-electron chi connectivity index (χ3n) is 5.89. The van der Waals surface area contributed by atoms with Gasteiger partial charge in [-0.15, -0.1) is 5.10 Å². The number of benzene rings is 3. The Balaban J connectivity index is 1.53. The zero-order valence-corrected chi connectivity index (χ0v) is 17.8. The summed E-state index contributed by atoms with van der Waals surface area (Å²) in [7, 11) is 1.65. The van der Waals surface area contributed by atoms with Crippen LogP contribution >= 0.6 is 0 Å². The first-order chi connectivity index (χ1) is 16.2. The fraction of sp³-hybridized carbons (Fsp3) is 0.115. The summed E-state index contributed by atoms with van der Waals surface area (Å²) in [5.74, 6) is 2.46. The molecule has 0 fully saturated rings. The second kappa shape index (κ2) is 7.63. The van der Waals surface area contributed by atoms with Gasteiger partial charge in [0.15, 0.2) is 11.5 Å². The second-order valence-electron chi connectivity index (χ2n) is 7.95. The third-order valence-corrected chi connectivity index (χ3v) is 5.89. The lowest BCUT2D eigenvalue weighted by Gasteiger charge is -2.28. The second-order valence-corrected chi connectivity index (χ2v) is 7.95. The molecule has 1 N–H and O–H groups in total. The van der Waals surface area contributed by atoms with Gasteiger partial charge in [-0.25, -0.2) is 14.5 Å². The topological polar surface area (TPSA) is 81.8 Å². The smallest absolute Gasteiger partial charge is 0.228 e. The minimum atomic E-state index is -0.194. The van der Waals surface area contributed by atoms with Gasteiger partial charge < -0.3 is 14.6 Å². The highest BCUT2D eigenvalue weighted by molar-refractivity contribution is 5.66. The third kappa shape index (κ3) is 3.34. The lowest BCUT2D eigenvalue weighted by Crippen LogP contribution is -2.15. The first-order valence-corrected chi connectivity index (χ1v) is 10.6. The number of phenolic OH excluding ortho intramolecular Hbond substituents is 1. The van der Waals surface area contributed by atoms with Gasteiger partial charge in [-0.3, -0.25) is 0 Å². The summed E-state index contributed by atoms with van der Waals surface area (Å²) < 4.78 is 13.2. The van der Waals surface area contributed by atoms with Crippen LogP contribution in [0.2, 0.25) is 0 Å². The summed E-state index contributed by atoms with van der Waals surface area (Å²) in [6, 6.07) is 23.2. The predicted octanol–water partition coefficient (Wildman–Crippen LogP) is 4.72. The van der Waals surface area contributed by atoms with Crippen LogP contribution in [0.1, 0.15) is 34.0 Å². The van der Waals surface area contributed by atoms with Gasteiger partial charge in [0.05, 0.1) is 12.7 Å². The standard InChI is InChI=1S/C26H20N4O3/c1-32-19-10-7-17(8-11-19)23-20-12-9-18(31)14-21(20)33-26-24(23)25-28-22(29-30(25)15-27-26)13-16-5-3-2-4-6-16/h2-12,14-15,23,31H,13H2,1H3. The van der Waals surface area contributed by atoms with Crippen LogP contribution in [0.15, 0.2) is 79.1 Å². The number of fused-ring (bicyclic) bond motifs is 4. The van der Waals surface area contributed by atoms with Crippen LogP contribution < -0.4 is 9.47 Å². The number of hydrogen-bond donors (Lipinski definition) is 1. The summed E-state index contributed by atoms with van der Waals surface area (Å²) in [6.07, 6.45) is 2.24. The van der Waals surface area contributed by atoms with Gasteiger partial charge in [0, 0.05) is 24.0 Å². The highest BCUT2D eigenvalue weighted by Gasteiger charge is 2.33. The van der Waals surface area contributed by atoms with Crippen molar-refractivity contribution in [1.29, 1.82) is 0 Å². The van der Waals surface area contributed by atoms with Gasteiger partial charge in [-0.05, 0) is 29.3 Å². The molecule has 0 saturated carbocycles. The summed E-state index contributed by atoms with van der Waals surface area (Å²) in [5.41, 5.74) is 4.64. The predicted molar refractivity (Wildman–Crippen MR) is 122 cm³/mol. The molecule has 5 aromatic rings. The lowest BCUT2D eigenvalue weighted by atomic mass is 9.84. The molecule has 0 amide bonds. The number of ether oxygens (including phenoxy) is 2. The average molecular weight is 436 g/mol. The summed E-state index contributed by atoms with van der Waals surface area (Å²) in [4.78, 5) is 9.42. The molecular weight excluding hydrogens is 416 g/mol. The molecule has 0 aliphatic carbocycles. The lowest BCUT2D eigenvalue weighted by molar-refractivity contribution is 0.414. The molecule has 0 saturated heterocycles. The van der Waals surface area contributed by atoms with Gasteiger partial charge in [0.25, 0.3) is 0 Å². The van der Waals surface area contributed by atoms with E-state index in [0.29, 0.717) is 29.5 Å². The molecule has 1 aliphatic heterocycles. The van der Waals surface area contributed by atoms with E-state index in [0.717, 1.165) is 28.0 Å². The molecular formula is C26H20N4O3. The minimum Gasteiger partial charge on any atom is -0.508 e. The van der Waals surface area contributed by atoms with Gasteiger partial charge in [0.2, 0.25) is 5.88 Å². The van der Waals surface area contributed by atoms with E-state index in [1.54, 1.807) is 30.1 Å². The Labute approximate surface area is 189 Å². The zero-order valence-electron chi connectivity index (χ0n) is 17.8. The monoisotopic (exact) mass is 436 g/mol. The van der Waals surface area contributed by atoms with Crippen molar-refractivity contribution >= 4 is 5.65 Å². The highest BCUT2D eigenvalue weighted by Crippen LogP contribution is 2.48. The van der Waals surface area contributed by atoms with Crippen LogP contribution in [0.4, 0.5) is 0 Å². The Morgan fingerprint density at radius 1 is 1.03 bits per heavy atom. The van der Waals surface area contributed by atoms with E-state index in [9.17, 15) is 5.11 Å². The van der Waals surface area contributed by atoms with Crippen LogP contribution in [0, 0.1) is 0 Å². The number of rotatable bonds is 4. The van der Waals surface area contributed by atoms with Crippen molar-refractivity contribution in [2.75, 3.05) is 7.11 Å². The largest absolute Gasteiger partial charge is 0.508 e. The van der Waals surface area contributed by atoms with Crippen LogP contribution in [-0.4, -0.2) is 31.8 Å². The highest BCUT2D eigenvalue weighted by atomic mass is 16.5. The number of aromatic hydroxyl groups is 1. The molecule has 3 aromatic carbocycles. The number of hydrogen-bond acceptors (Lipinski definition) is 6. The Hall–Kier alpha value is -4.39. The van der Waals surface area contributed by atoms with Gasteiger partial charge in [0.1, 0.15) is 23.6 Å². The zero-order chi connectivity index (χ0) is 22.4. The van der Waals surface area contributed by atoms with Crippen LogP contribution in [-0.2, 0) is 6.42 Å². The van der Waals surface area contributed by atoms with Crippen LogP contribution in [0.3, 0.4) is 0 Å². The molecule has 1 unspecified atom stereocenters. The van der Waals surface area contributed by atoms with Crippen LogP contribution in [0.5, 0.6) is 23.1 Å². The maximum Gasteiger partial charge on any atom is 0.228 e. The van der Waals surface area contributed by atoms with E-state index in [-0.39, 0.29) is 11.7 Å². The molecule has 7 nitrogen and oxygen atoms in total. The maximum atomic E-state index is 10.0. The molecule has 1 aliphatic rings. The van der Waals surface area contributed by atoms with Crippen LogP contribution in [0.25, 0.3) is 5.65 Å². The Morgan fingerprint density at radius 3 is 2.64 bits per heavy atom. The molecule has 33 heavy (non-hydrogen) atoms. The van der Waals surface area contributed by atoms with Crippen molar-refractivity contribution in [2.24, 2.45) is 0 Å². The minimum absolute atomic E-state index is 0.138. The molecule has 0 bridgehead atoms. The maximum absolute atomic E-state index is 10.0. The average Bonchev–Trinajstić information content (AvgIpc) is 3.26. The van der Waals surface area contributed by atoms with Gasteiger partial charge in [-0.1, -0.05) is 48.5 Å². The summed E-state index contributed by atoms with van der Waals surface area (Å²) >= 11 is 0. The molecule has 3 heterocycles. The number of methoxy groups -OCH3 is 1. The van der Waals surface area contributed by atoms with Gasteiger partial charge >= 0.3 is 0 Å². The number of aromatic nitrogens is 4. The van der Waals surface area contributed by atoms with Crippen molar-refractivity contribution in [3.8, 4) is 23.1 Å². The molecule has 0 radical (unpaired) electrons. The molecule has 162 valence electrons. The molecule has 2 aromatic heterocycles.